The molecular formula is C18H17ClN2O3. The zero-order valence-corrected chi connectivity index (χ0v) is 13.9. The number of non-ortho nitro benzene ring substituents is 1. The molecule has 2 atom stereocenters. The highest BCUT2D eigenvalue weighted by molar-refractivity contribution is 6.30. The monoisotopic (exact) mass is 344 g/mol. The maximum Gasteiger partial charge on any atom is 0.269 e. The summed E-state index contributed by atoms with van der Waals surface area (Å²) in [6, 6.07) is 13.4. The van der Waals surface area contributed by atoms with Crippen molar-refractivity contribution < 1.29 is 9.72 Å². The van der Waals surface area contributed by atoms with Gasteiger partial charge in [-0.3, -0.25) is 14.9 Å². The van der Waals surface area contributed by atoms with Crippen molar-refractivity contribution in [2.45, 2.75) is 5.92 Å². The standard InChI is InChI=1S/C18H17ClN2O3/c1-20-10-16(12-2-6-14(19)7-3-12)17(11-20)18(22)13-4-8-15(9-5-13)21(23)24/h2-9,16-17H,10-11H2,1H3/t16-,17-/m0/s1. The Labute approximate surface area is 145 Å². The Morgan fingerprint density at radius 2 is 1.75 bits per heavy atom. The van der Waals surface area contributed by atoms with E-state index < -0.39 is 4.92 Å². The third kappa shape index (κ3) is 3.32. The number of nitrogens with zero attached hydrogens (tertiary/aromatic N) is 2. The van der Waals surface area contributed by atoms with Crippen LogP contribution in [0.5, 0.6) is 0 Å². The van der Waals surface area contributed by atoms with Gasteiger partial charge in [0.15, 0.2) is 5.78 Å². The molecule has 0 N–H and O–H groups in total. The molecule has 0 aliphatic carbocycles. The Bertz CT molecular complexity index is 759. The van der Waals surface area contributed by atoms with Crippen LogP contribution < -0.4 is 0 Å². The lowest BCUT2D eigenvalue weighted by molar-refractivity contribution is -0.384. The fourth-order valence-corrected chi connectivity index (χ4v) is 3.40. The van der Waals surface area contributed by atoms with E-state index in [1.165, 1.54) is 24.3 Å². The largest absolute Gasteiger partial charge is 0.305 e. The van der Waals surface area contributed by atoms with Gasteiger partial charge in [0.05, 0.1) is 4.92 Å². The van der Waals surface area contributed by atoms with Crippen LogP contribution in [0.2, 0.25) is 5.02 Å². The molecule has 0 spiro atoms. The van der Waals surface area contributed by atoms with Crippen LogP contribution in [0.15, 0.2) is 48.5 Å². The van der Waals surface area contributed by atoms with Crippen molar-refractivity contribution in [1.29, 1.82) is 0 Å². The van der Waals surface area contributed by atoms with Gasteiger partial charge in [-0.25, -0.2) is 0 Å². The molecule has 1 aliphatic rings. The second-order valence-corrected chi connectivity index (χ2v) is 6.59. The van der Waals surface area contributed by atoms with Gasteiger partial charge in [0, 0.05) is 47.6 Å². The molecule has 3 rings (SSSR count). The molecule has 1 heterocycles. The smallest absolute Gasteiger partial charge is 0.269 e. The van der Waals surface area contributed by atoms with Crippen molar-refractivity contribution >= 4 is 23.1 Å². The molecule has 24 heavy (non-hydrogen) atoms. The number of likely N-dealkylation sites (tertiary alicyclic amines) is 1. The lowest BCUT2D eigenvalue weighted by atomic mass is 9.84. The fourth-order valence-electron chi connectivity index (χ4n) is 3.28. The SMILES string of the molecule is CN1C[C@H](C(=O)c2ccc([N+](=O)[O-])cc2)[C@H](c2ccc(Cl)cc2)C1. The minimum atomic E-state index is -0.464. The van der Waals surface area contributed by atoms with E-state index >= 15 is 0 Å². The minimum absolute atomic E-state index is 0.00987. The number of ketones is 1. The third-order valence-corrected chi connectivity index (χ3v) is 4.75. The van der Waals surface area contributed by atoms with Gasteiger partial charge in [-0.15, -0.1) is 0 Å². The second-order valence-electron chi connectivity index (χ2n) is 6.15. The number of nitro groups is 1. The molecule has 0 unspecified atom stereocenters. The van der Waals surface area contributed by atoms with Gasteiger partial charge in [-0.2, -0.15) is 0 Å². The van der Waals surface area contributed by atoms with E-state index in [4.69, 9.17) is 11.6 Å². The molecular weight excluding hydrogens is 328 g/mol. The summed E-state index contributed by atoms with van der Waals surface area (Å²) in [4.78, 5) is 25.3. The molecule has 6 heteroatoms. The Kier molecular flexibility index (Phi) is 4.64. The lowest BCUT2D eigenvalue weighted by Crippen LogP contribution is -2.22. The molecule has 1 aliphatic heterocycles. The number of carbonyl (C=O) groups is 1. The molecule has 1 fully saturated rings. The number of hydrogen-bond donors (Lipinski definition) is 0. The predicted molar refractivity (Wildman–Crippen MR) is 92.6 cm³/mol. The Balaban J connectivity index is 1.86. The Morgan fingerprint density at radius 3 is 2.33 bits per heavy atom. The maximum atomic E-state index is 12.9. The van der Waals surface area contributed by atoms with Crippen LogP contribution in [0.1, 0.15) is 21.8 Å². The van der Waals surface area contributed by atoms with E-state index in [0.717, 1.165) is 12.1 Å². The highest BCUT2D eigenvalue weighted by atomic mass is 35.5. The minimum Gasteiger partial charge on any atom is -0.305 e. The molecule has 124 valence electrons. The van der Waals surface area contributed by atoms with Crippen molar-refractivity contribution in [2.24, 2.45) is 5.92 Å². The van der Waals surface area contributed by atoms with E-state index in [1.54, 1.807) is 0 Å². The summed E-state index contributed by atoms with van der Waals surface area (Å²) in [6.07, 6.45) is 0. The predicted octanol–water partition coefficient (Wildman–Crippen LogP) is 3.78. The fraction of sp³-hybridized carbons (Fsp3) is 0.278. The third-order valence-electron chi connectivity index (χ3n) is 4.50. The summed E-state index contributed by atoms with van der Waals surface area (Å²) in [5.41, 5.74) is 1.59. The zero-order valence-electron chi connectivity index (χ0n) is 13.2. The lowest BCUT2D eigenvalue weighted by Gasteiger charge is -2.18. The number of carbonyl (C=O) groups excluding carboxylic acids is 1. The molecule has 1 saturated heterocycles. The first-order chi connectivity index (χ1) is 11.5. The van der Waals surface area contributed by atoms with Gasteiger partial charge in [0.2, 0.25) is 0 Å². The highest BCUT2D eigenvalue weighted by Crippen LogP contribution is 2.35. The summed E-state index contributed by atoms with van der Waals surface area (Å²) in [5, 5.41) is 11.4. The number of rotatable bonds is 4. The first-order valence-corrected chi connectivity index (χ1v) is 8.06. The number of likely N-dealkylation sites (N-methyl/N-ethyl adjacent to an activating group) is 1. The van der Waals surface area contributed by atoms with E-state index in [0.29, 0.717) is 17.1 Å². The summed E-state index contributed by atoms with van der Waals surface area (Å²) < 4.78 is 0. The van der Waals surface area contributed by atoms with Crippen LogP contribution in [-0.4, -0.2) is 35.7 Å². The number of Topliss-reactive ketones (excluding diaryl/α,β-unsaturated/α-hetero) is 1. The van der Waals surface area contributed by atoms with Crippen LogP contribution in [0, 0.1) is 16.0 Å². The molecule has 2 aromatic rings. The van der Waals surface area contributed by atoms with Crippen molar-refractivity contribution in [1.82, 2.24) is 4.90 Å². The average molecular weight is 345 g/mol. The topological polar surface area (TPSA) is 63.5 Å². The first-order valence-electron chi connectivity index (χ1n) is 7.68. The molecule has 5 nitrogen and oxygen atoms in total. The molecule has 2 aromatic carbocycles. The van der Waals surface area contributed by atoms with Gasteiger partial charge < -0.3 is 4.90 Å². The van der Waals surface area contributed by atoms with Gasteiger partial charge in [-0.05, 0) is 36.9 Å². The summed E-state index contributed by atoms with van der Waals surface area (Å²) >= 11 is 5.95. The second kappa shape index (κ2) is 6.71. The summed E-state index contributed by atoms with van der Waals surface area (Å²) in [7, 11) is 1.99. The van der Waals surface area contributed by atoms with Crippen LogP contribution in [0.3, 0.4) is 0 Å². The van der Waals surface area contributed by atoms with Crippen molar-refractivity contribution in [3.05, 3.63) is 74.8 Å². The Morgan fingerprint density at radius 1 is 1.12 bits per heavy atom. The molecule has 0 radical (unpaired) electrons. The average Bonchev–Trinajstić information content (AvgIpc) is 2.96. The van der Waals surface area contributed by atoms with Gasteiger partial charge in [0.25, 0.3) is 5.69 Å². The number of halogens is 1. The quantitative estimate of drug-likeness (QED) is 0.481. The van der Waals surface area contributed by atoms with Gasteiger partial charge in [-0.1, -0.05) is 23.7 Å². The number of hydrogen-bond acceptors (Lipinski definition) is 4. The molecule has 0 saturated carbocycles. The van der Waals surface area contributed by atoms with Crippen LogP contribution >= 0.6 is 11.6 Å². The van der Waals surface area contributed by atoms with Crippen LogP contribution in [-0.2, 0) is 0 Å². The molecule has 0 bridgehead atoms. The van der Waals surface area contributed by atoms with Crippen LogP contribution in [0.25, 0.3) is 0 Å². The number of benzene rings is 2. The summed E-state index contributed by atoms with van der Waals surface area (Å²) in [6.45, 7) is 1.47. The van der Waals surface area contributed by atoms with E-state index in [1.807, 2.05) is 31.3 Å². The summed E-state index contributed by atoms with van der Waals surface area (Å²) in [5.74, 6) is -0.0539. The zero-order chi connectivity index (χ0) is 17.3. The van der Waals surface area contributed by atoms with Crippen molar-refractivity contribution in [3.8, 4) is 0 Å². The van der Waals surface area contributed by atoms with E-state index in [-0.39, 0.29) is 23.3 Å². The van der Waals surface area contributed by atoms with Crippen LogP contribution in [0.4, 0.5) is 5.69 Å². The van der Waals surface area contributed by atoms with Crippen molar-refractivity contribution in [3.63, 3.8) is 0 Å². The van der Waals surface area contributed by atoms with Gasteiger partial charge >= 0.3 is 0 Å². The molecule has 0 aromatic heterocycles. The van der Waals surface area contributed by atoms with E-state index in [9.17, 15) is 14.9 Å². The van der Waals surface area contributed by atoms with Crippen molar-refractivity contribution in [2.75, 3.05) is 20.1 Å². The molecule has 0 amide bonds. The normalized spacial score (nSPS) is 20.9. The van der Waals surface area contributed by atoms with E-state index in [2.05, 4.69) is 4.90 Å². The van der Waals surface area contributed by atoms with Gasteiger partial charge in [0.1, 0.15) is 0 Å². The maximum absolute atomic E-state index is 12.9. The highest BCUT2D eigenvalue weighted by Gasteiger charge is 2.37. The number of nitro benzene ring substituents is 1. The Hall–Kier alpha value is -2.24. The first kappa shape index (κ1) is 16.6.